The van der Waals surface area contributed by atoms with E-state index in [1.165, 1.54) is 0 Å². The fourth-order valence-electron chi connectivity index (χ4n) is 1.94. The number of nitrogens with one attached hydrogen (secondary N) is 2. The number of nitrogen functional groups attached to an aromatic ring is 1. The van der Waals surface area contributed by atoms with Crippen molar-refractivity contribution < 1.29 is 0 Å². The van der Waals surface area contributed by atoms with E-state index in [9.17, 15) is 0 Å². The summed E-state index contributed by atoms with van der Waals surface area (Å²) in [6.45, 7) is 0.713. The summed E-state index contributed by atoms with van der Waals surface area (Å²) >= 11 is 0. The first kappa shape index (κ1) is 10.6. The van der Waals surface area contributed by atoms with Crippen LogP contribution in [0.25, 0.3) is 10.8 Å². The molecule has 0 atom stereocenters. The zero-order chi connectivity index (χ0) is 12.4. The summed E-state index contributed by atoms with van der Waals surface area (Å²) in [5.74, 6) is 0. The molecule has 0 saturated heterocycles. The highest BCUT2D eigenvalue weighted by molar-refractivity contribution is 6.00. The third-order valence-corrected chi connectivity index (χ3v) is 2.89. The highest BCUT2D eigenvalue weighted by Crippen LogP contribution is 2.27. The fraction of sp³-hybridized carbons (Fsp3) is 0.0769. The minimum absolute atomic E-state index is 0.713. The maximum atomic E-state index is 5.95. The van der Waals surface area contributed by atoms with Crippen molar-refractivity contribution in [3.8, 4) is 0 Å². The van der Waals surface area contributed by atoms with E-state index in [1.807, 2.05) is 30.6 Å². The molecule has 4 N–H and O–H groups in total. The van der Waals surface area contributed by atoms with Crippen molar-refractivity contribution in [2.24, 2.45) is 0 Å². The van der Waals surface area contributed by atoms with Gasteiger partial charge in [0.15, 0.2) is 0 Å². The van der Waals surface area contributed by atoms with Crippen LogP contribution in [0.2, 0.25) is 0 Å². The molecule has 0 spiro atoms. The van der Waals surface area contributed by atoms with Gasteiger partial charge in [-0.1, -0.05) is 0 Å². The Bertz CT molecular complexity index is 660. The number of hydrogen-bond donors (Lipinski definition) is 3. The van der Waals surface area contributed by atoms with Crippen LogP contribution in [0.15, 0.2) is 43.0 Å². The summed E-state index contributed by atoms with van der Waals surface area (Å²) in [6.07, 6.45) is 7.23. The fourth-order valence-corrected chi connectivity index (χ4v) is 1.94. The van der Waals surface area contributed by atoms with E-state index in [0.29, 0.717) is 6.54 Å². The van der Waals surface area contributed by atoms with E-state index in [2.05, 4.69) is 20.5 Å². The van der Waals surface area contributed by atoms with Gasteiger partial charge in [-0.05, 0) is 18.2 Å². The Morgan fingerprint density at radius 3 is 2.94 bits per heavy atom. The molecular weight excluding hydrogens is 226 g/mol. The molecule has 0 radical (unpaired) electrons. The molecule has 0 bridgehead atoms. The number of aromatic amines is 1. The second kappa shape index (κ2) is 4.37. The summed E-state index contributed by atoms with van der Waals surface area (Å²) in [5.41, 5.74) is 8.83. The van der Waals surface area contributed by atoms with Crippen LogP contribution in [0.4, 0.5) is 11.4 Å². The Labute approximate surface area is 104 Å². The van der Waals surface area contributed by atoms with Gasteiger partial charge in [0.05, 0.1) is 6.20 Å². The van der Waals surface area contributed by atoms with Gasteiger partial charge in [-0.15, -0.1) is 0 Å². The number of hydrogen-bond acceptors (Lipinski definition) is 4. The maximum Gasteiger partial charge on any atom is 0.0537 e. The Kier molecular flexibility index (Phi) is 2.57. The third kappa shape index (κ3) is 1.86. The number of nitrogens with two attached hydrogens (primary N) is 1. The minimum atomic E-state index is 0.713. The van der Waals surface area contributed by atoms with Gasteiger partial charge >= 0.3 is 0 Å². The largest absolute Gasteiger partial charge is 0.398 e. The number of pyridine rings is 1. The van der Waals surface area contributed by atoms with Gasteiger partial charge in [-0.3, -0.25) is 10.1 Å². The third-order valence-electron chi connectivity index (χ3n) is 2.89. The van der Waals surface area contributed by atoms with Crippen LogP contribution in [-0.4, -0.2) is 15.2 Å². The highest BCUT2D eigenvalue weighted by Gasteiger charge is 2.04. The van der Waals surface area contributed by atoms with Gasteiger partial charge < -0.3 is 11.1 Å². The van der Waals surface area contributed by atoms with Gasteiger partial charge in [-0.2, -0.15) is 5.10 Å². The lowest BCUT2D eigenvalue weighted by atomic mass is 10.1. The molecule has 5 heteroatoms. The van der Waals surface area contributed by atoms with Crippen molar-refractivity contribution in [3.05, 3.63) is 48.5 Å². The zero-order valence-corrected chi connectivity index (χ0v) is 9.72. The number of aromatic nitrogens is 3. The average molecular weight is 239 g/mol. The van der Waals surface area contributed by atoms with Crippen LogP contribution in [0.5, 0.6) is 0 Å². The van der Waals surface area contributed by atoms with Crippen molar-refractivity contribution >= 4 is 22.1 Å². The van der Waals surface area contributed by atoms with E-state index >= 15 is 0 Å². The first-order valence-electron chi connectivity index (χ1n) is 5.68. The molecule has 0 aliphatic rings. The molecule has 0 aliphatic carbocycles. The van der Waals surface area contributed by atoms with E-state index in [1.54, 1.807) is 12.4 Å². The molecule has 1 aromatic carbocycles. The topological polar surface area (TPSA) is 79.6 Å². The first-order valence-corrected chi connectivity index (χ1v) is 5.68. The molecular formula is C13H13N5. The lowest BCUT2D eigenvalue weighted by molar-refractivity contribution is 1.09. The number of rotatable bonds is 3. The number of fused-ring (bicyclic) bond motifs is 1. The van der Waals surface area contributed by atoms with E-state index in [0.717, 1.165) is 27.7 Å². The molecule has 0 aliphatic heterocycles. The molecule has 2 heterocycles. The lowest BCUT2D eigenvalue weighted by Crippen LogP contribution is -2.00. The number of benzene rings is 1. The molecule has 2 aromatic heterocycles. The normalized spacial score (nSPS) is 10.7. The first-order chi connectivity index (χ1) is 8.84. The van der Waals surface area contributed by atoms with E-state index in [4.69, 9.17) is 5.73 Å². The SMILES string of the molecule is Nc1ccc(NCc2cn[nH]c2)c2cnccc12. The van der Waals surface area contributed by atoms with Crippen LogP contribution >= 0.6 is 0 Å². The van der Waals surface area contributed by atoms with Gasteiger partial charge in [0.25, 0.3) is 0 Å². The Balaban J connectivity index is 1.94. The van der Waals surface area contributed by atoms with Crippen LogP contribution in [-0.2, 0) is 6.54 Å². The molecule has 0 fully saturated rings. The molecule has 90 valence electrons. The van der Waals surface area contributed by atoms with Gasteiger partial charge in [0.2, 0.25) is 0 Å². The molecule has 0 saturated carbocycles. The quantitative estimate of drug-likeness (QED) is 0.612. The zero-order valence-electron chi connectivity index (χ0n) is 9.72. The Morgan fingerprint density at radius 2 is 2.11 bits per heavy atom. The monoisotopic (exact) mass is 239 g/mol. The molecule has 18 heavy (non-hydrogen) atoms. The molecule has 0 unspecified atom stereocenters. The summed E-state index contributed by atoms with van der Waals surface area (Å²) in [5, 5.41) is 12.1. The van der Waals surface area contributed by atoms with Crippen molar-refractivity contribution in [3.63, 3.8) is 0 Å². The van der Waals surface area contributed by atoms with Gasteiger partial charge in [-0.25, -0.2) is 0 Å². The Morgan fingerprint density at radius 1 is 1.17 bits per heavy atom. The second-order valence-electron chi connectivity index (χ2n) is 4.08. The highest BCUT2D eigenvalue weighted by atomic mass is 15.1. The summed E-state index contributed by atoms with van der Waals surface area (Å²) in [4.78, 5) is 4.15. The number of nitrogens with zero attached hydrogens (tertiary/aromatic N) is 2. The molecule has 0 amide bonds. The van der Waals surface area contributed by atoms with Crippen LogP contribution < -0.4 is 11.1 Å². The summed E-state index contributed by atoms with van der Waals surface area (Å²) in [6, 6.07) is 5.80. The predicted molar refractivity (Wildman–Crippen MR) is 72.1 cm³/mol. The molecule has 3 aromatic rings. The smallest absolute Gasteiger partial charge is 0.0537 e. The average Bonchev–Trinajstić information content (AvgIpc) is 2.92. The molecule has 3 rings (SSSR count). The minimum Gasteiger partial charge on any atom is -0.398 e. The summed E-state index contributed by atoms with van der Waals surface area (Å²) < 4.78 is 0. The summed E-state index contributed by atoms with van der Waals surface area (Å²) in [7, 11) is 0. The van der Waals surface area contributed by atoms with Gasteiger partial charge in [0, 0.05) is 52.8 Å². The molecule has 5 nitrogen and oxygen atoms in total. The lowest BCUT2D eigenvalue weighted by Gasteiger charge is -2.10. The Hall–Kier alpha value is -2.56. The number of anilines is 2. The van der Waals surface area contributed by atoms with E-state index in [-0.39, 0.29) is 0 Å². The maximum absolute atomic E-state index is 5.95. The van der Waals surface area contributed by atoms with E-state index < -0.39 is 0 Å². The van der Waals surface area contributed by atoms with Crippen LogP contribution in [0.3, 0.4) is 0 Å². The van der Waals surface area contributed by atoms with Crippen molar-refractivity contribution in [1.29, 1.82) is 0 Å². The van der Waals surface area contributed by atoms with Gasteiger partial charge in [0.1, 0.15) is 0 Å². The van der Waals surface area contributed by atoms with Crippen LogP contribution in [0, 0.1) is 0 Å². The van der Waals surface area contributed by atoms with Crippen molar-refractivity contribution in [1.82, 2.24) is 15.2 Å². The van der Waals surface area contributed by atoms with Crippen molar-refractivity contribution in [2.45, 2.75) is 6.54 Å². The van der Waals surface area contributed by atoms with Crippen molar-refractivity contribution in [2.75, 3.05) is 11.1 Å². The predicted octanol–water partition coefficient (Wildman–Crippen LogP) is 2.15. The van der Waals surface area contributed by atoms with Crippen LogP contribution in [0.1, 0.15) is 5.56 Å². The number of H-pyrrole nitrogens is 1. The second-order valence-corrected chi connectivity index (χ2v) is 4.08. The standard InChI is InChI=1S/C13H13N5/c14-12-1-2-13(11-8-15-4-3-10(11)12)16-5-9-6-17-18-7-9/h1-4,6-8,16H,5,14H2,(H,17,18).